The summed E-state index contributed by atoms with van der Waals surface area (Å²) in [6.45, 7) is 2.21. The minimum Gasteiger partial charge on any atom is -0.481 e. The van der Waals surface area contributed by atoms with Crippen molar-refractivity contribution in [1.29, 1.82) is 0 Å². The van der Waals surface area contributed by atoms with Gasteiger partial charge in [-0.1, -0.05) is 0 Å². The van der Waals surface area contributed by atoms with Gasteiger partial charge in [0.15, 0.2) is 0 Å². The summed E-state index contributed by atoms with van der Waals surface area (Å²) in [6, 6.07) is 0. The summed E-state index contributed by atoms with van der Waals surface area (Å²) in [6.07, 6.45) is 5.77. The molecule has 2 fully saturated rings. The van der Waals surface area contributed by atoms with E-state index in [1.807, 2.05) is 4.90 Å². The number of piperidine rings is 1. The van der Waals surface area contributed by atoms with E-state index >= 15 is 0 Å². The predicted molar refractivity (Wildman–Crippen MR) is 69.8 cm³/mol. The van der Waals surface area contributed by atoms with Gasteiger partial charge in [0, 0.05) is 32.5 Å². The van der Waals surface area contributed by atoms with E-state index in [2.05, 4.69) is 0 Å². The third-order valence-corrected chi connectivity index (χ3v) is 4.04. The van der Waals surface area contributed by atoms with Crippen molar-refractivity contribution in [2.24, 2.45) is 5.92 Å². The minimum absolute atomic E-state index is 0.123. The molecule has 0 aliphatic carbocycles. The van der Waals surface area contributed by atoms with Gasteiger partial charge < -0.3 is 14.7 Å². The zero-order valence-electron chi connectivity index (χ0n) is 11.3. The Balaban J connectivity index is 1.73. The summed E-state index contributed by atoms with van der Waals surface area (Å²) in [7, 11) is 0. The van der Waals surface area contributed by atoms with Gasteiger partial charge in [0.1, 0.15) is 0 Å². The van der Waals surface area contributed by atoms with Crippen LogP contribution in [-0.4, -0.2) is 47.7 Å². The molecule has 1 N–H and O–H groups in total. The molecular weight excluding hydrogens is 246 g/mol. The lowest BCUT2D eigenvalue weighted by atomic mass is 9.94. The highest BCUT2D eigenvalue weighted by Crippen LogP contribution is 2.22. The molecule has 2 atom stereocenters. The van der Waals surface area contributed by atoms with Crippen LogP contribution in [0.15, 0.2) is 0 Å². The van der Waals surface area contributed by atoms with Gasteiger partial charge in [-0.15, -0.1) is 0 Å². The number of rotatable bonds is 5. The number of carboxylic acid groups (broad SMARTS) is 1. The summed E-state index contributed by atoms with van der Waals surface area (Å²) >= 11 is 0. The summed E-state index contributed by atoms with van der Waals surface area (Å²) in [5.41, 5.74) is 0. The maximum Gasteiger partial charge on any atom is 0.303 e. The molecule has 2 saturated heterocycles. The van der Waals surface area contributed by atoms with Gasteiger partial charge in [0.2, 0.25) is 5.91 Å². The zero-order valence-corrected chi connectivity index (χ0v) is 11.3. The van der Waals surface area contributed by atoms with Gasteiger partial charge in [-0.05, 0) is 38.0 Å². The highest BCUT2D eigenvalue weighted by Gasteiger charge is 2.26. The Labute approximate surface area is 113 Å². The molecule has 2 unspecified atom stereocenters. The first-order chi connectivity index (χ1) is 9.15. The van der Waals surface area contributed by atoms with Crippen LogP contribution in [0.3, 0.4) is 0 Å². The molecule has 0 aromatic rings. The zero-order chi connectivity index (χ0) is 13.7. The number of amides is 1. The van der Waals surface area contributed by atoms with Crippen molar-refractivity contribution in [3.8, 4) is 0 Å². The van der Waals surface area contributed by atoms with Crippen LogP contribution in [0.1, 0.15) is 44.9 Å². The fourth-order valence-electron chi connectivity index (χ4n) is 3.02. The average Bonchev–Trinajstić information content (AvgIpc) is 2.88. The van der Waals surface area contributed by atoms with Gasteiger partial charge in [0.05, 0.1) is 6.10 Å². The van der Waals surface area contributed by atoms with Gasteiger partial charge in [-0.2, -0.15) is 0 Å². The fraction of sp³-hybridized carbons (Fsp3) is 0.857. The standard InChI is InChI=1S/C14H23NO4/c16-13(6-5-12-4-2-8-19-12)15-7-1-3-11(10-15)9-14(17)18/h11-12H,1-10H2,(H,17,18). The second-order valence-electron chi connectivity index (χ2n) is 5.62. The highest BCUT2D eigenvalue weighted by atomic mass is 16.5. The van der Waals surface area contributed by atoms with Crippen LogP contribution >= 0.6 is 0 Å². The Kier molecular flexibility index (Phi) is 5.19. The third kappa shape index (κ3) is 4.49. The van der Waals surface area contributed by atoms with E-state index in [0.717, 1.165) is 45.3 Å². The van der Waals surface area contributed by atoms with Crippen LogP contribution in [0.25, 0.3) is 0 Å². The lowest BCUT2D eigenvalue weighted by molar-refractivity contribution is -0.140. The number of ether oxygens (including phenoxy) is 1. The molecular formula is C14H23NO4. The first-order valence-corrected chi connectivity index (χ1v) is 7.26. The molecule has 0 radical (unpaired) electrons. The fourth-order valence-corrected chi connectivity index (χ4v) is 3.02. The van der Waals surface area contributed by atoms with Crippen LogP contribution in [0.2, 0.25) is 0 Å². The number of aliphatic carboxylic acids is 1. The van der Waals surface area contributed by atoms with Crippen LogP contribution in [0.4, 0.5) is 0 Å². The normalized spacial score (nSPS) is 27.5. The second kappa shape index (κ2) is 6.89. The van der Waals surface area contributed by atoms with E-state index in [4.69, 9.17) is 9.84 Å². The summed E-state index contributed by atoms with van der Waals surface area (Å²) in [5, 5.41) is 8.82. The molecule has 2 aliphatic heterocycles. The molecule has 0 aromatic heterocycles. The third-order valence-electron chi connectivity index (χ3n) is 4.04. The van der Waals surface area contributed by atoms with E-state index in [1.165, 1.54) is 0 Å². The van der Waals surface area contributed by atoms with Crippen LogP contribution in [0, 0.1) is 5.92 Å². The molecule has 5 nitrogen and oxygen atoms in total. The molecule has 19 heavy (non-hydrogen) atoms. The van der Waals surface area contributed by atoms with Crippen molar-refractivity contribution in [2.75, 3.05) is 19.7 Å². The van der Waals surface area contributed by atoms with E-state index in [9.17, 15) is 9.59 Å². The van der Waals surface area contributed by atoms with Crippen LogP contribution in [-0.2, 0) is 14.3 Å². The number of hydrogen-bond donors (Lipinski definition) is 1. The van der Waals surface area contributed by atoms with Gasteiger partial charge in [-0.25, -0.2) is 0 Å². The Morgan fingerprint density at radius 3 is 2.79 bits per heavy atom. The average molecular weight is 269 g/mol. The van der Waals surface area contributed by atoms with Crippen molar-refractivity contribution in [3.63, 3.8) is 0 Å². The van der Waals surface area contributed by atoms with Gasteiger partial charge >= 0.3 is 5.97 Å². The molecule has 0 saturated carbocycles. The van der Waals surface area contributed by atoms with Crippen LogP contribution < -0.4 is 0 Å². The van der Waals surface area contributed by atoms with Crippen molar-refractivity contribution in [2.45, 2.75) is 51.0 Å². The lowest BCUT2D eigenvalue weighted by Crippen LogP contribution is -2.40. The van der Waals surface area contributed by atoms with E-state index in [-0.39, 0.29) is 24.3 Å². The lowest BCUT2D eigenvalue weighted by Gasteiger charge is -2.32. The van der Waals surface area contributed by atoms with E-state index < -0.39 is 5.97 Å². The number of carboxylic acids is 1. The molecule has 2 aliphatic rings. The molecule has 2 heterocycles. The Hall–Kier alpha value is -1.10. The summed E-state index contributed by atoms with van der Waals surface area (Å²) < 4.78 is 5.52. The predicted octanol–water partition coefficient (Wildman–Crippen LogP) is 1.66. The van der Waals surface area contributed by atoms with Gasteiger partial charge in [-0.3, -0.25) is 9.59 Å². The number of likely N-dealkylation sites (tertiary alicyclic amines) is 1. The van der Waals surface area contributed by atoms with Crippen molar-refractivity contribution >= 4 is 11.9 Å². The van der Waals surface area contributed by atoms with Crippen molar-refractivity contribution < 1.29 is 19.4 Å². The monoisotopic (exact) mass is 269 g/mol. The molecule has 1 amide bonds. The summed E-state index contributed by atoms with van der Waals surface area (Å²) in [4.78, 5) is 24.7. The van der Waals surface area contributed by atoms with Crippen LogP contribution in [0.5, 0.6) is 0 Å². The largest absolute Gasteiger partial charge is 0.481 e. The Bertz CT molecular complexity index is 325. The molecule has 108 valence electrons. The first-order valence-electron chi connectivity index (χ1n) is 7.26. The maximum absolute atomic E-state index is 12.1. The quantitative estimate of drug-likeness (QED) is 0.824. The molecule has 5 heteroatoms. The number of carbonyl (C=O) groups is 2. The minimum atomic E-state index is -0.765. The summed E-state index contributed by atoms with van der Waals surface area (Å²) in [5.74, 6) is -0.484. The SMILES string of the molecule is O=C(O)CC1CCCN(C(=O)CCC2CCCO2)C1. The highest BCUT2D eigenvalue weighted by molar-refractivity contribution is 5.76. The van der Waals surface area contributed by atoms with E-state index in [1.54, 1.807) is 0 Å². The molecule has 2 rings (SSSR count). The number of carbonyl (C=O) groups excluding carboxylic acids is 1. The Morgan fingerprint density at radius 2 is 2.11 bits per heavy atom. The topological polar surface area (TPSA) is 66.8 Å². The molecule has 0 aromatic carbocycles. The number of hydrogen-bond acceptors (Lipinski definition) is 3. The molecule has 0 bridgehead atoms. The van der Waals surface area contributed by atoms with Crippen molar-refractivity contribution in [1.82, 2.24) is 4.90 Å². The smallest absolute Gasteiger partial charge is 0.303 e. The maximum atomic E-state index is 12.1. The number of nitrogens with zero attached hydrogens (tertiary/aromatic N) is 1. The van der Waals surface area contributed by atoms with Crippen molar-refractivity contribution in [3.05, 3.63) is 0 Å². The second-order valence-corrected chi connectivity index (χ2v) is 5.62. The van der Waals surface area contributed by atoms with Gasteiger partial charge in [0.25, 0.3) is 0 Å². The Morgan fingerprint density at radius 1 is 1.26 bits per heavy atom. The first kappa shape index (κ1) is 14.3. The molecule has 0 spiro atoms. The van der Waals surface area contributed by atoms with E-state index in [0.29, 0.717) is 13.0 Å².